The first-order valence-electron chi connectivity index (χ1n) is 5.99. The first-order chi connectivity index (χ1) is 10.4. The Morgan fingerprint density at radius 1 is 1.26 bits per heavy atom. The minimum absolute atomic E-state index is 0.157. The predicted molar refractivity (Wildman–Crippen MR) is 75.2 cm³/mol. The number of halogens is 4. The van der Waals surface area contributed by atoms with Crippen LogP contribution in [0.3, 0.4) is 0 Å². The number of nitrogens with two attached hydrogens (primary N) is 1. The molecule has 23 heavy (non-hydrogen) atoms. The molecule has 0 unspecified atom stereocenters. The van der Waals surface area contributed by atoms with E-state index in [1.54, 1.807) is 12.1 Å². The lowest BCUT2D eigenvalue weighted by molar-refractivity contribution is -0.192. The van der Waals surface area contributed by atoms with Crippen LogP contribution < -0.4 is 5.73 Å². The van der Waals surface area contributed by atoms with Crippen molar-refractivity contribution in [1.29, 1.82) is 0 Å². The second kappa shape index (κ2) is 8.63. The number of sulfone groups is 1. The van der Waals surface area contributed by atoms with E-state index in [2.05, 4.69) is 0 Å². The molecule has 0 aliphatic carbocycles. The fourth-order valence-electron chi connectivity index (χ4n) is 1.27. The van der Waals surface area contributed by atoms with Crippen LogP contribution in [-0.2, 0) is 21.1 Å². The van der Waals surface area contributed by atoms with Gasteiger partial charge in [-0.2, -0.15) is 13.2 Å². The molecule has 1 aromatic carbocycles. The highest BCUT2D eigenvalue weighted by atomic mass is 32.2. The van der Waals surface area contributed by atoms with E-state index >= 15 is 0 Å². The monoisotopic (exact) mass is 357 g/mol. The molecule has 5 nitrogen and oxygen atoms in total. The third kappa shape index (κ3) is 8.31. The molecule has 1 aromatic rings. The van der Waals surface area contributed by atoms with E-state index in [1.807, 2.05) is 0 Å². The third-order valence-electron chi connectivity index (χ3n) is 2.44. The molecule has 0 fully saturated rings. The van der Waals surface area contributed by atoms with Crippen molar-refractivity contribution < 1.29 is 35.9 Å². The first-order valence-corrected chi connectivity index (χ1v) is 7.88. The van der Waals surface area contributed by atoms with Gasteiger partial charge in [0.15, 0.2) is 9.84 Å². The fraction of sp³-hybridized carbons (Fsp3) is 0.308. The number of hydrogen-bond donors (Lipinski definition) is 2. The molecule has 0 heterocycles. The third-order valence-corrected chi connectivity index (χ3v) is 3.57. The highest BCUT2D eigenvalue weighted by molar-refractivity contribution is 7.90. The SMILES string of the molecule is CS(=O)(=O)c1ccc(CC(=CF)CN)cc1.O=C(O)C(F)(F)F. The van der Waals surface area contributed by atoms with Gasteiger partial charge in [0.25, 0.3) is 0 Å². The fourth-order valence-corrected chi connectivity index (χ4v) is 1.90. The number of carboxylic acid groups (broad SMARTS) is 1. The summed E-state index contributed by atoms with van der Waals surface area (Å²) in [4.78, 5) is 9.15. The van der Waals surface area contributed by atoms with Crippen LogP contribution in [0.1, 0.15) is 5.56 Å². The summed E-state index contributed by atoms with van der Waals surface area (Å²) in [6, 6.07) is 6.35. The van der Waals surface area contributed by atoms with Gasteiger partial charge >= 0.3 is 12.1 Å². The van der Waals surface area contributed by atoms with E-state index < -0.39 is 22.0 Å². The number of alkyl halides is 3. The lowest BCUT2D eigenvalue weighted by Gasteiger charge is -2.04. The quantitative estimate of drug-likeness (QED) is 0.804. The summed E-state index contributed by atoms with van der Waals surface area (Å²) < 4.78 is 66.4. The molecule has 1 rings (SSSR count). The Bertz CT molecular complexity index is 652. The highest BCUT2D eigenvalue weighted by Crippen LogP contribution is 2.13. The van der Waals surface area contributed by atoms with Gasteiger partial charge in [-0.1, -0.05) is 12.1 Å². The van der Waals surface area contributed by atoms with Gasteiger partial charge in [-0.05, 0) is 29.7 Å². The van der Waals surface area contributed by atoms with Crippen molar-refractivity contribution in [3.05, 3.63) is 41.7 Å². The standard InChI is InChI=1S/C11H14FNO2S.C2HF3O2/c1-16(14,15)11-4-2-9(3-5-11)6-10(7-12)8-13;3-2(4,5)1(6)7/h2-5,7H,6,8,13H2,1H3;(H,6,7). The van der Waals surface area contributed by atoms with Crippen molar-refractivity contribution >= 4 is 15.8 Å². The maximum absolute atomic E-state index is 12.3. The minimum Gasteiger partial charge on any atom is -0.475 e. The molecule has 0 aliphatic heterocycles. The Hall–Kier alpha value is -1.94. The van der Waals surface area contributed by atoms with Crippen LogP contribution in [0.4, 0.5) is 17.6 Å². The largest absolute Gasteiger partial charge is 0.490 e. The summed E-state index contributed by atoms with van der Waals surface area (Å²) in [5, 5.41) is 7.12. The molecule has 0 aromatic heterocycles. The van der Waals surface area contributed by atoms with E-state index in [4.69, 9.17) is 15.6 Å². The number of benzene rings is 1. The van der Waals surface area contributed by atoms with Crippen LogP contribution in [0.25, 0.3) is 0 Å². The summed E-state index contributed by atoms with van der Waals surface area (Å²) in [5.41, 5.74) is 6.64. The van der Waals surface area contributed by atoms with Crippen molar-refractivity contribution in [3.8, 4) is 0 Å². The van der Waals surface area contributed by atoms with Crippen LogP contribution in [0, 0.1) is 0 Å². The van der Waals surface area contributed by atoms with Crippen molar-refractivity contribution in [2.45, 2.75) is 17.5 Å². The van der Waals surface area contributed by atoms with Crippen molar-refractivity contribution in [2.24, 2.45) is 5.73 Å². The van der Waals surface area contributed by atoms with Crippen LogP contribution in [0.15, 0.2) is 41.1 Å². The second-order valence-corrected chi connectivity index (χ2v) is 6.38. The maximum Gasteiger partial charge on any atom is 0.490 e. The normalized spacial score (nSPS) is 12.3. The molecule has 0 amide bonds. The van der Waals surface area contributed by atoms with Crippen molar-refractivity contribution in [3.63, 3.8) is 0 Å². The zero-order valence-electron chi connectivity index (χ0n) is 12.0. The maximum atomic E-state index is 12.3. The van der Waals surface area contributed by atoms with Gasteiger partial charge in [-0.25, -0.2) is 17.6 Å². The molecule has 10 heteroatoms. The van der Waals surface area contributed by atoms with E-state index in [0.717, 1.165) is 11.8 Å². The zero-order valence-corrected chi connectivity index (χ0v) is 12.8. The predicted octanol–water partition coefficient (Wildman–Crippen LogP) is 2.08. The second-order valence-electron chi connectivity index (χ2n) is 4.37. The van der Waals surface area contributed by atoms with E-state index in [0.29, 0.717) is 18.3 Å². The lowest BCUT2D eigenvalue weighted by Crippen LogP contribution is -2.21. The number of aliphatic carboxylic acids is 1. The van der Waals surface area contributed by atoms with Crippen LogP contribution in [-0.4, -0.2) is 38.5 Å². The molecule has 0 aliphatic rings. The Balaban J connectivity index is 0.000000585. The van der Waals surface area contributed by atoms with Crippen LogP contribution in [0.5, 0.6) is 0 Å². The Kier molecular flexibility index (Phi) is 7.90. The molecule has 0 saturated heterocycles. The Labute approximate surface area is 130 Å². The summed E-state index contributed by atoms with van der Waals surface area (Å²) in [5.74, 6) is -2.76. The number of carboxylic acids is 1. The lowest BCUT2D eigenvalue weighted by atomic mass is 10.1. The molecule has 0 radical (unpaired) electrons. The van der Waals surface area contributed by atoms with E-state index in [1.165, 1.54) is 12.1 Å². The summed E-state index contributed by atoms with van der Waals surface area (Å²) in [7, 11) is -3.17. The van der Waals surface area contributed by atoms with Crippen molar-refractivity contribution in [2.75, 3.05) is 12.8 Å². The van der Waals surface area contributed by atoms with Gasteiger partial charge in [0, 0.05) is 12.8 Å². The zero-order chi connectivity index (χ0) is 18.3. The topological polar surface area (TPSA) is 97.5 Å². The summed E-state index contributed by atoms with van der Waals surface area (Å²) >= 11 is 0. The van der Waals surface area contributed by atoms with Gasteiger partial charge in [-0.3, -0.25) is 0 Å². The molecule has 0 spiro atoms. The highest BCUT2D eigenvalue weighted by Gasteiger charge is 2.38. The average Bonchev–Trinajstić information content (AvgIpc) is 2.44. The van der Waals surface area contributed by atoms with E-state index in [9.17, 15) is 26.0 Å². The molecule has 3 N–H and O–H groups in total. The average molecular weight is 357 g/mol. The van der Waals surface area contributed by atoms with Crippen molar-refractivity contribution in [1.82, 2.24) is 0 Å². The van der Waals surface area contributed by atoms with Gasteiger partial charge in [0.2, 0.25) is 0 Å². The molecule has 0 bridgehead atoms. The summed E-state index contributed by atoms with van der Waals surface area (Å²) in [6.45, 7) is 0.157. The number of carbonyl (C=O) groups is 1. The van der Waals surface area contributed by atoms with E-state index in [-0.39, 0.29) is 11.4 Å². The number of rotatable bonds is 4. The Morgan fingerprint density at radius 3 is 1.96 bits per heavy atom. The minimum atomic E-state index is -5.08. The van der Waals surface area contributed by atoms with Gasteiger partial charge in [-0.15, -0.1) is 0 Å². The van der Waals surface area contributed by atoms with Gasteiger partial charge in [0.1, 0.15) is 0 Å². The summed E-state index contributed by atoms with van der Waals surface area (Å²) in [6.07, 6.45) is -3.05. The molecule has 0 atom stereocenters. The first kappa shape index (κ1) is 21.1. The molecule has 0 saturated carbocycles. The molecular formula is C13H15F4NO4S. The smallest absolute Gasteiger partial charge is 0.475 e. The van der Waals surface area contributed by atoms with Crippen LogP contribution in [0.2, 0.25) is 0 Å². The Morgan fingerprint density at radius 2 is 1.70 bits per heavy atom. The van der Waals surface area contributed by atoms with Crippen LogP contribution >= 0.6 is 0 Å². The number of hydrogen-bond acceptors (Lipinski definition) is 4. The molecular weight excluding hydrogens is 342 g/mol. The van der Waals surface area contributed by atoms with Gasteiger partial charge < -0.3 is 10.8 Å². The molecule has 130 valence electrons. The van der Waals surface area contributed by atoms with Gasteiger partial charge in [0.05, 0.1) is 11.2 Å².